The number of hydrogen-bond donors (Lipinski definition) is 0. The monoisotopic (exact) mass is 340 g/mol. The Kier molecular flexibility index (Phi) is 3.99. The Balaban J connectivity index is 1.79. The summed E-state index contributed by atoms with van der Waals surface area (Å²) in [6.07, 6.45) is 5.87. The van der Waals surface area contributed by atoms with Crippen LogP contribution in [-0.4, -0.2) is 38.6 Å². The van der Waals surface area contributed by atoms with Gasteiger partial charge in [-0.3, -0.25) is 14.9 Å². The molecular weight excluding hydrogens is 320 g/mol. The first-order chi connectivity index (χ1) is 12.1. The molecule has 25 heavy (non-hydrogen) atoms. The number of carbonyl (C=O) groups excluding carboxylic acids is 1. The van der Waals surface area contributed by atoms with E-state index in [1.54, 1.807) is 16.8 Å². The molecule has 1 aliphatic heterocycles. The minimum atomic E-state index is -0.407. The molecule has 1 aliphatic carbocycles. The van der Waals surface area contributed by atoms with Crippen LogP contribution in [0, 0.1) is 10.1 Å². The first-order valence-electron chi connectivity index (χ1n) is 8.80. The number of hydrogen-bond acceptors (Lipinski definition) is 4. The van der Waals surface area contributed by atoms with Gasteiger partial charge in [0.15, 0.2) is 5.69 Å². The number of nitro groups is 1. The molecule has 1 fully saturated rings. The van der Waals surface area contributed by atoms with Gasteiger partial charge in [-0.2, -0.15) is 5.10 Å². The summed E-state index contributed by atoms with van der Waals surface area (Å²) >= 11 is 0. The number of nitro benzene ring substituents is 1. The first-order valence-corrected chi connectivity index (χ1v) is 8.80. The van der Waals surface area contributed by atoms with E-state index in [0.29, 0.717) is 11.4 Å². The molecule has 130 valence electrons. The van der Waals surface area contributed by atoms with Gasteiger partial charge in [0.25, 0.3) is 11.6 Å². The van der Waals surface area contributed by atoms with Gasteiger partial charge in [-0.15, -0.1) is 0 Å². The number of non-ortho nitro benzene ring substituents is 1. The fourth-order valence-corrected chi connectivity index (χ4v) is 3.79. The van der Waals surface area contributed by atoms with Crippen molar-refractivity contribution in [2.24, 2.45) is 0 Å². The Bertz CT molecular complexity index is 837. The maximum atomic E-state index is 12.9. The average molecular weight is 340 g/mol. The quantitative estimate of drug-likeness (QED) is 0.635. The molecule has 0 spiro atoms. The summed E-state index contributed by atoms with van der Waals surface area (Å²) in [5, 5.41) is 15.7. The van der Waals surface area contributed by atoms with Crippen molar-refractivity contribution in [2.75, 3.05) is 13.1 Å². The fraction of sp³-hybridized carbons (Fsp3) is 0.444. The zero-order valence-corrected chi connectivity index (χ0v) is 14.0. The minimum Gasteiger partial charge on any atom is -0.337 e. The van der Waals surface area contributed by atoms with Crippen LogP contribution < -0.4 is 0 Å². The second-order valence-corrected chi connectivity index (χ2v) is 6.67. The zero-order valence-electron chi connectivity index (χ0n) is 14.0. The first kappa shape index (κ1) is 15.8. The van der Waals surface area contributed by atoms with Crippen molar-refractivity contribution >= 4 is 11.6 Å². The summed E-state index contributed by atoms with van der Waals surface area (Å²) < 4.78 is 1.74. The van der Waals surface area contributed by atoms with Gasteiger partial charge >= 0.3 is 0 Å². The molecular formula is C18H20N4O3. The number of benzene rings is 1. The molecule has 4 rings (SSSR count). The van der Waals surface area contributed by atoms with Crippen molar-refractivity contribution in [1.29, 1.82) is 0 Å². The summed E-state index contributed by atoms with van der Waals surface area (Å²) in [4.78, 5) is 25.4. The topological polar surface area (TPSA) is 81.3 Å². The van der Waals surface area contributed by atoms with Gasteiger partial charge in [0.05, 0.1) is 10.6 Å². The normalized spacial score (nSPS) is 16.7. The standard InChI is InChI=1S/C18H20N4O3/c23-18(20-10-3-4-11-20)17-15-8-1-2-9-16(15)21(19-17)13-6-5-7-14(12-13)22(24)25/h5-7,12H,1-4,8-11H2. The van der Waals surface area contributed by atoms with Gasteiger partial charge in [-0.05, 0) is 44.6 Å². The minimum absolute atomic E-state index is 0.000157. The summed E-state index contributed by atoms with van der Waals surface area (Å²) in [6, 6.07) is 6.45. The number of fused-ring (bicyclic) bond motifs is 1. The van der Waals surface area contributed by atoms with Crippen LogP contribution in [0.4, 0.5) is 5.69 Å². The highest BCUT2D eigenvalue weighted by Gasteiger charge is 2.29. The van der Waals surface area contributed by atoms with Crippen molar-refractivity contribution in [3.05, 3.63) is 51.3 Å². The van der Waals surface area contributed by atoms with Crippen LogP contribution >= 0.6 is 0 Å². The van der Waals surface area contributed by atoms with Gasteiger partial charge in [-0.1, -0.05) is 6.07 Å². The summed E-state index contributed by atoms with van der Waals surface area (Å²) in [7, 11) is 0. The molecule has 1 amide bonds. The van der Waals surface area contributed by atoms with E-state index in [1.165, 1.54) is 12.1 Å². The van der Waals surface area contributed by atoms with Crippen molar-refractivity contribution in [1.82, 2.24) is 14.7 Å². The van der Waals surface area contributed by atoms with Crippen molar-refractivity contribution in [3.63, 3.8) is 0 Å². The average Bonchev–Trinajstić information content (AvgIpc) is 3.29. The van der Waals surface area contributed by atoms with Crippen LogP contribution in [0.25, 0.3) is 5.69 Å². The molecule has 1 saturated heterocycles. The number of amides is 1. The number of nitrogens with zero attached hydrogens (tertiary/aromatic N) is 4. The molecule has 7 nitrogen and oxygen atoms in total. The van der Waals surface area contributed by atoms with Crippen LogP contribution in [0.1, 0.15) is 47.4 Å². The van der Waals surface area contributed by atoms with Crippen LogP contribution in [0.3, 0.4) is 0 Å². The van der Waals surface area contributed by atoms with Crippen molar-refractivity contribution < 1.29 is 9.72 Å². The molecule has 2 aromatic rings. The molecule has 0 radical (unpaired) electrons. The van der Waals surface area contributed by atoms with E-state index in [1.807, 2.05) is 4.90 Å². The molecule has 7 heteroatoms. The van der Waals surface area contributed by atoms with E-state index >= 15 is 0 Å². The molecule has 2 aliphatic rings. The summed E-state index contributed by atoms with van der Waals surface area (Å²) in [5.74, 6) is -0.000157. The molecule has 1 aromatic heterocycles. The Morgan fingerprint density at radius 3 is 2.64 bits per heavy atom. The smallest absolute Gasteiger partial charge is 0.274 e. The second kappa shape index (κ2) is 6.31. The van der Waals surface area contributed by atoms with E-state index in [9.17, 15) is 14.9 Å². The maximum Gasteiger partial charge on any atom is 0.274 e. The van der Waals surface area contributed by atoms with Crippen molar-refractivity contribution in [3.8, 4) is 5.69 Å². The molecule has 0 N–H and O–H groups in total. The molecule has 0 saturated carbocycles. The Hall–Kier alpha value is -2.70. The molecule has 1 aromatic carbocycles. The number of likely N-dealkylation sites (tertiary alicyclic amines) is 1. The van der Waals surface area contributed by atoms with E-state index in [4.69, 9.17) is 0 Å². The van der Waals surface area contributed by atoms with E-state index < -0.39 is 4.92 Å². The fourth-order valence-electron chi connectivity index (χ4n) is 3.79. The predicted molar refractivity (Wildman–Crippen MR) is 92.0 cm³/mol. The highest BCUT2D eigenvalue weighted by atomic mass is 16.6. The maximum absolute atomic E-state index is 12.9. The lowest BCUT2D eigenvalue weighted by Crippen LogP contribution is -2.29. The van der Waals surface area contributed by atoms with Crippen molar-refractivity contribution in [2.45, 2.75) is 38.5 Å². The largest absolute Gasteiger partial charge is 0.337 e. The summed E-state index contributed by atoms with van der Waals surface area (Å²) in [6.45, 7) is 1.58. The lowest BCUT2D eigenvalue weighted by molar-refractivity contribution is -0.384. The third kappa shape index (κ3) is 2.79. The molecule has 0 atom stereocenters. The number of rotatable bonds is 3. The van der Waals surface area contributed by atoms with Gasteiger partial charge in [0.1, 0.15) is 0 Å². The zero-order chi connectivity index (χ0) is 17.4. The second-order valence-electron chi connectivity index (χ2n) is 6.67. The molecule has 0 unspecified atom stereocenters. The van der Waals surface area contributed by atoms with Gasteiger partial charge < -0.3 is 4.90 Å². The Labute approximate surface area is 145 Å². The highest BCUT2D eigenvalue weighted by molar-refractivity contribution is 5.94. The van der Waals surface area contributed by atoms with Gasteiger partial charge in [0.2, 0.25) is 0 Å². The van der Waals surface area contributed by atoms with Crippen LogP contribution in [0.5, 0.6) is 0 Å². The molecule has 0 bridgehead atoms. The Morgan fingerprint density at radius 2 is 1.88 bits per heavy atom. The number of aromatic nitrogens is 2. The van der Waals surface area contributed by atoms with Crippen LogP contribution in [-0.2, 0) is 12.8 Å². The van der Waals surface area contributed by atoms with Crippen LogP contribution in [0.2, 0.25) is 0 Å². The van der Waals surface area contributed by atoms with E-state index in [2.05, 4.69) is 5.10 Å². The third-order valence-corrected chi connectivity index (χ3v) is 5.06. The van der Waals surface area contributed by atoms with E-state index in [-0.39, 0.29) is 11.6 Å². The SMILES string of the molecule is O=C(c1nn(-c2cccc([N+](=O)[O-])c2)c2c1CCCC2)N1CCCC1. The highest BCUT2D eigenvalue weighted by Crippen LogP contribution is 2.29. The number of carbonyl (C=O) groups is 1. The third-order valence-electron chi connectivity index (χ3n) is 5.06. The summed E-state index contributed by atoms with van der Waals surface area (Å²) in [5.41, 5.74) is 3.25. The predicted octanol–water partition coefficient (Wildman–Crippen LogP) is 2.90. The van der Waals surface area contributed by atoms with E-state index in [0.717, 1.165) is 62.9 Å². The van der Waals surface area contributed by atoms with Gasteiger partial charge in [-0.25, -0.2) is 4.68 Å². The Morgan fingerprint density at radius 1 is 1.12 bits per heavy atom. The van der Waals surface area contributed by atoms with Crippen LogP contribution in [0.15, 0.2) is 24.3 Å². The lowest BCUT2D eigenvalue weighted by atomic mass is 9.95. The lowest BCUT2D eigenvalue weighted by Gasteiger charge is -2.16. The van der Waals surface area contributed by atoms with Gasteiger partial charge in [0, 0.05) is 36.5 Å². The molecule has 2 heterocycles.